The second-order valence-corrected chi connectivity index (χ2v) is 3.40. The zero-order valence-electron chi connectivity index (χ0n) is 9.22. The van der Waals surface area contributed by atoms with E-state index in [0.717, 1.165) is 0 Å². The highest BCUT2D eigenvalue weighted by atomic mass is 16.4. The summed E-state index contributed by atoms with van der Waals surface area (Å²) in [6, 6.07) is 2.39. The van der Waals surface area contributed by atoms with Gasteiger partial charge in [-0.3, -0.25) is 0 Å². The number of aromatic nitrogens is 2. The molecule has 6 nitrogen and oxygen atoms in total. The number of nitriles is 1. The largest absolute Gasteiger partial charge is 0.402 e. The number of anilines is 1. The van der Waals surface area contributed by atoms with E-state index in [0.29, 0.717) is 11.6 Å². The minimum Gasteiger partial charge on any atom is -0.402 e. The lowest BCUT2D eigenvalue weighted by Crippen LogP contribution is -2.08. The molecule has 1 aromatic rings. The van der Waals surface area contributed by atoms with Crippen LogP contribution in [0.5, 0.6) is 0 Å². The zero-order chi connectivity index (χ0) is 11.4. The first-order valence-electron chi connectivity index (χ1n) is 4.34. The van der Waals surface area contributed by atoms with Crippen molar-refractivity contribution in [2.24, 2.45) is 0 Å². The van der Waals surface area contributed by atoms with E-state index >= 15 is 0 Å². The molecule has 6 heteroatoms. The van der Waals surface area contributed by atoms with Gasteiger partial charge in [0.2, 0.25) is 0 Å². The molecule has 0 radical (unpaired) electrons. The van der Waals surface area contributed by atoms with Gasteiger partial charge in [0.15, 0.2) is 0 Å². The molecule has 0 aromatic carbocycles. The summed E-state index contributed by atoms with van der Waals surface area (Å²) in [5, 5.41) is 16.5. The van der Waals surface area contributed by atoms with Gasteiger partial charge >= 0.3 is 6.01 Å². The van der Waals surface area contributed by atoms with Crippen molar-refractivity contribution in [1.82, 2.24) is 15.1 Å². The van der Waals surface area contributed by atoms with Crippen molar-refractivity contribution < 1.29 is 4.42 Å². The third-order valence-corrected chi connectivity index (χ3v) is 1.54. The molecule has 1 rings (SSSR count). The Labute approximate surface area is 88.4 Å². The zero-order valence-corrected chi connectivity index (χ0v) is 9.22. The summed E-state index contributed by atoms with van der Waals surface area (Å²) in [6.07, 6.45) is 1.63. The molecule has 0 aliphatic carbocycles. The second kappa shape index (κ2) is 4.46. The summed E-state index contributed by atoms with van der Waals surface area (Å²) in [4.78, 5) is 3.43. The fourth-order valence-electron chi connectivity index (χ4n) is 0.895. The molecule has 0 unspecified atom stereocenters. The lowest BCUT2D eigenvalue weighted by molar-refractivity contribution is 0.531. The van der Waals surface area contributed by atoms with Gasteiger partial charge in [-0.1, -0.05) is 5.10 Å². The van der Waals surface area contributed by atoms with Crippen LogP contribution in [0.3, 0.4) is 0 Å². The summed E-state index contributed by atoms with van der Waals surface area (Å²) in [5.41, 5.74) is 0.348. The van der Waals surface area contributed by atoms with E-state index < -0.39 is 0 Å². The fourth-order valence-corrected chi connectivity index (χ4v) is 0.895. The summed E-state index contributed by atoms with van der Waals surface area (Å²) in [7, 11) is 7.22. The van der Waals surface area contributed by atoms with Crippen LogP contribution in [0.15, 0.2) is 10.6 Å². The maximum Gasteiger partial charge on any atom is 0.317 e. The second-order valence-electron chi connectivity index (χ2n) is 3.40. The Morgan fingerprint density at radius 3 is 2.40 bits per heavy atom. The number of allylic oxidation sites excluding steroid dienone is 1. The molecule has 15 heavy (non-hydrogen) atoms. The van der Waals surface area contributed by atoms with Crippen molar-refractivity contribution in [2.45, 2.75) is 0 Å². The van der Waals surface area contributed by atoms with Crippen LogP contribution in [-0.2, 0) is 0 Å². The molecule has 0 bridgehead atoms. The van der Waals surface area contributed by atoms with E-state index in [9.17, 15) is 0 Å². The predicted molar refractivity (Wildman–Crippen MR) is 55.9 cm³/mol. The van der Waals surface area contributed by atoms with Crippen LogP contribution in [0.4, 0.5) is 6.01 Å². The molecule has 1 aromatic heterocycles. The van der Waals surface area contributed by atoms with Gasteiger partial charge in [-0.2, -0.15) is 5.26 Å². The van der Waals surface area contributed by atoms with Crippen molar-refractivity contribution in [3.8, 4) is 6.07 Å². The van der Waals surface area contributed by atoms with E-state index in [-0.39, 0.29) is 5.89 Å². The summed E-state index contributed by atoms with van der Waals surface area (Å²) >= 11 is 0. The molecule has 0 aliphatic heterocycles. The molecule has 0 amide bonds. The average Bonchev–Trinajstić information content (AvgIpc) is 2.62. The van der Waals surface area contributed by atoms with Crippen LogP contribution in [0, 0.1) is 11.3 Å². The van der Waals surface area contributed by atoms with Gasteiger partial charge in [-0.25, -0.2) is 0 Å². The van der Waals surface area contributed by atoms with Gasteiger partial charge in [0, 0.05) is 34.4 Å². The van der Waals surface area contributed by atoms with Crippen LogP contribution in [0.2, 0.25) is 0 Å². The minimum atomic E-state index is 0.231. The average molecular weight is 207 g/mol. The first-order valence-corrected chi connectivity index (χ1v) is 4.34. The van der Waals surface area contributed by atoms with Crippen LogP contribution in [0.25, 0.3) is 5.57 Å². The third kappa shape index (κ3) is 2.71. The van der Waals surface area contributed by atoms with Gasteiger partial charge in [0.25, 0.3) is 5.89 Å². The molecular weight excluding hydrogens is 194 g/mol. The number of hydrogen-bond acceptors (Lipinski definition) is 6. The van der Waals surface area contributed by atoms with Crippen molar-refractivity contribution in [3.05, 3.63) is 12.1 Å². The van der Waals surface area contributed by atoms with Gasteiger partial charge in [-0.15, -0.1) is 5.10 Å². The molecule has 0 aliphatic rings. The van der Waals surface area contributed by atoms with E-state index in [1.165, 1.54) is 0 Å². The fraction of sp³-hybridized carbons (Fsp3) is 0.444. The standard InChI is InChI=1S/C9H13N5O/c1-13(2)6-7(5-10)8-11-12-9(15-8)14(3)4/h6H,1-4H3. The highest BCUT2D eigenvalue weighted by Gasteiger charge is 2.12. The quantitative estimate of drug-likeness (QED) is 0.674. The van der Waals surface area contributed by atoms with Crippen molar-refractivity contribution in [1.29, 1.82) is 5.26 Å². The van der Waals surface area contributed by atoms with Gasteiger partial charge in [0.1, 0.15) is 11.6 Å². The predicted octanol–water partition coefficient (Wildman–Crippen LogP) is 0.562. The Morgan fingerprint density at radius 2 is 2.00 bits per heavy atom. The summed E-state index contributed by atoms with van der Waals surface area (Å²) in [6.45, 7) is 0. The maximum absolute atomic E-state index is 8.89. The first kappa shape index (κ1) is 11.0. The molecule has 0 fully saturated rings. The van der Waals surface area contributed by atoms with Crippen molar-refractivity contribution >= 4 is 11.6 Å². The minimum absolute atomic E-state index is 0.231. The van der Waals surface area contributed by atoms with E-state index in [4.69, 9.17) is 9.68 Å². The van der Waals surface area contributed by atoms with Crippen molar-refractivity contribution in [2.75, 3.05) is 33.1 Å². The Hall–Kier alpha value is -2.03. The maximum atomic E-state index is 8.89. The topological polar surface area (TPSA) is 69.2 Å². The first-order chi connectivity index (χ1) is 7.04. The van der Waals surface area contributed by atoms with Crippen LogP contribution in [0.1, 0.15) is 5.89 Å². The SMILES string of the molecule is CN(C)C=C(C#N)c1nnc(N(C)C)o1. The molecule has 0 spiro atoms. The Morgan fingerprint density at radius 1 is 1.33 bits per heavy atom. The molecule has 80 valence electrons. The van der Waals surface area contributed by atoms with Gasteiger partial charge in [-0.05, 0) is 0 Å². The monoisotopic (exact) mass is 207 g/mol. The molecule has 0 saturated carbocycles. The molecule has 1 heterocycles. The lowest BCUT2D eigenvalue weighted by atomic mass is 10.3. The summed E-state index contributed by atoms with van der Waals surface area (Å²) < 4.78 is 5.29. The normalized spacial score (nSPS) is 11.0. The highest BCUT2D eigenvalue weighted by Crippen LogP contribution is 2.16. The number of hydrogen-bond donors (Lipinski definition) is 0. The number of nitrogens with zero attached hydrogens (tertiary/aromatic N) is 5. The van der Waals surface area contributed by atoms with E-state index in [2.05, 4.69) is 10.2 Å². The van der Waals surface area contributed by atoms with E-state index in [1.807, 2.05) is 20.2 Å². The molecular formula is C9H13N5O. The Balaban J connectivity index is 3.00. The van der Waals surface area contributed by atoms with Crippen LogP contribution >= 0.6 is 0 Å². The number of rotatable bonds is 3. The molecule has 0 atom stereocenters. The smallest absolute Gasteiger partial charge is 0.317 e. The van der Waals surface area contributed by atoms with Gasteiger partial charge in [0.05, 0.1) is 0 Å². The van der Waals surface area contributed by atoms with Gasteiger partial charge < -0.3 is 14.2 Å². The van der Waals surface area contributed by atoms with Crippen molar-refractivity contribution in [3.63, 3.8) is 0 Å². The van der Waals surface area contributed by atoms with Crippen LogP contribution in [-0.4, -0.2) is 43.3 Å². The summed E-state index contributed by atoms with van der Waals surface area (Å²) in [5.74, 6) is 0.231. The Kier molecular flexibility index (Phi) is 3.29. The van der Waals surface area contributed by atoms with E-state index in [1.54, 1.807) is 30.1 Å². The molecule has 0 N–H and O–H groups in total. The molecule has 0 saturated heterocycles. The highest BCUT2D eigenvalue weighted by molar-refractivity contribution is 5.71. The Bertz CT molecular complexity index is 399. The third-order valence-electron chi connectivity index (χ3n) is 1.54. The van der Waals surface area contributed by atoms with Crippen LogP contribution < -0.4 is 4.90 Å². The lowest BCUT2D eigenvalue weighted by Gasteiger charge is -2.04.